The van der Waals surface area contributed by atoms with Crippen LogP contribution in [0, 0.1) is 0 Å². The quantitative estimate of drug-likeness (QED) is 0.801. The van der Waals surface area contributed by atoms with Crippen LogP contribution < -0.4 is 0 Å². The standard InChI is InChI=1S/C11H12ClN3/c1-15-5-7(6-15)11-13-9-3-2-8(12)4-10(9)14-11/h2-4,7H,5-6H2,1H3,(H,13,14). The molecule has 0 aliphatic carbocycles. The van der Waals surface area contributed by atoms with Gasteiger partial charge in [-0.05, 0) is 25.2 Å². The van der Waals surface area contributed by atoms with Gasteiger partial charge in [0.05, 0.1) is 11.0 Å². The minimum Gasteiger partial charge on any atom is -0.342 e. The maximum Gasteiger partial charge on any atom is 0.112 e. The highest BCUT2D eigenvalue weighted by molar-refractivity contribution is 6.31. The molecular weight excluding hydrogens is 210 g/mol. The van der Waals surface area contributed by atoms with Gasteiger partial charge in [0.15, 0.2) is 0 Å². The van der Waals surface area contributed by atoms with Crippen molar-refractivity contribution in [2.75, 3.05) is 20.1 Å². The number of aromatic amines is 1. The van der Waals surface area contributed by atoms with Crippen LogP contribution in [0.3, 0.4) is 0 Å². The number of aromatic nitrogens is 2. The van der Waals surface area contributed by atoms with Crippen molar-refractivity contribution in [2.24, 2.45) is 0 Å². The number of halogens is 1. The fourth-order valence-electron chi connectivity index (χ4n) is 2.07. The predicted octanol–water partition coefficient (Wildman–Crippen LogP) is 2.25. The van der Waals surface area contributed by atoms with Crippen LogP contribution in [0.1, 0.15) is 11.7 Å². The van der Waals surface area contributed by atoms with Crippen LogP contribution in [0.25, 0.3) is 11.0 Å². The summed E-state index contributed by atoms with van der Waals surface area (Å²) in [6.07, 6.45) is 0. The van der Waals surface area contributed by atoms with Crippen LogP contribution in [0.4, 0.5) is 0 Å². The van der Waals surface area contributed by atoms with Gasteiger partial charge in [-0.2, -0.15) is 0 Å². The van der Waals surface area contributed by atoms with E-state index in [1.165, 1.54) is 0 Å². The van der Waals surface area contributed by atoms with Crippen LogP contribution in [-0.2, 0) is 0 Å². The topological polar surface area (TPSA) is 31.9 Å². The first-order valence-electron chi connectivity index (χ1n) is 5.06. The summed E-state index contributed by atoms with van der Waals surface area (Å²) in [6, 6.07) is 5.76. The van der Waals surface area contributed by atoms with Crippen molar-refractivity contribution in [3.8, 4) is 0 Å². The molecule has 2 aromatic rings. The first-order chi connectivity index (χ1) is 7.22. The SMILES string of the molecule is CN1CC(c2nc3ccc(Cl)cc3[nH]2)C1. The van der Waals surface area contributed by atoms with Gasteiger partial charge in [0, 0.05) is 24.0 Å². The van der Waals surface area contributed by atoms with E-state index >= 15 is 0 Å². The van der Waals surface area contributed by atoms with E-state index in [9.17, 15) is 0 Å². The average molecular weight is 222 g/mol. The predicted molar refractivity (Wildman–Crippen MR) is 61.3 cm³/mol. The minimum absolute atomic E-state index is 0.557. The van der Waals surface area contributed by atoms with E-state index in [-0.39, 0.29) is 0 Å². The molecule has 3 nitrogen and oxygen atoms in total. The molecule has 0 amide bonds. The van der Waals surface area contributed by atoms with Gasteiger partial charge in [-0.25, -0.2) is 4.98 Å². The second-order valence-corrected chi connectivity index (χ2v) is 4.64. The molecule has 0 radical (unpaired) electrons. The number of likely N-dealkylation sites (N-methyl/N-ethyl adjacent to an activating group) is 1. The van der Waals surface area contributed by atoms with Gasteiger partial charge in [-0.1, -0.05) is 11.6 Å². The maximum absolute atomic E-state index is 5.92. The summed E-state index contributed by atoms with van der Waals surface area (Å²) >= 11 is 5.92. The van der Waals surface area contributed by atoms with Crippen molar-refractivity contribution in [1.82, 2.24) is 14.9 Å². The molecule has 1 fully saturated rings. The highest BCUT2D eigenvalue weighted by Crippen LogP contribution is 2.26. The Morgan fingerprint density at radius 3 is 3.00 bits per heavy atom. The summed E-state index contributed by atoms with van der Waals surface area (Å²) in [4.78, 5) is 10.2. The van der Waals surface area contributed by atoms with E-state index in [0.29, 0.717) is 5.92 Å². The molecule has 0 spiro atoms. The molecular formula is C11H12ClN3. The lowest BCUT2D eigenvalue weighted by Gasteiger charge is -2.34. The van der Waals surface area contributed by atoms with E-state index in [0.717, 1.165) is 35.0 Å². The number of benzene rings is 1. The molecule has 1 aliphatic heterocycles. The Hall–Kier alpha value is -1.06. The molecule has 1 saturated heterocycles. The van der Waals surface area contributed by atoms with E-state index in [1.54, 1.807) is 0 Å². The Kier molecular flexibility index (Phi) is 1.97. The normalized spacial score (nSPS) is 18.3. The monoisotopic (exact) mass is 221 g/mol. The Balaban J connectivity index is 1.99. The van der Waals surface area contributed by atoms with Crippen molar-refractivity contribution >= 4 is 22.6 Å². The largest absolute Gasteiger partial charge is 0.342 e. The van der Waals surface area contributed by atoms with Gasteiger partial charge < -0.3 is 9.88 Å². The van der Waals surface area contributed by atoms with Crippen molar-refractivity contribution < 1.29 is 0 Å². The number of hydrogen-bond donors (Lipinski definition) is 1. The number of nitrogens with zero attached hydrogens (tertiary/aromatic N) is 2. The number of hydrogen-bond acceptors (Lipinski definition) is 2. The number of rotatable bonds is 1. The molecule has 78 valence electrons. The van der Waals surface area contributed by atoms with Gasteiger partial charge in [-0.15, -0.1) is 0 Å². The molecule has 0 saturated carbocycles. The molecule has 2 heterocycles. The smallest absolute Gasteiger partial charge is 0.112 e. The Labute approximate surface area is 93.1 Å². The van der Waals surface area contributed by atoms with E-state index in [2.05, 4.69) is 21.9 Å². The zero-order valence-electron chi connectivity index (χ0n) is 8.50. The molecule has 15 heavy (non-hydrogen) atoms. The Morgan fingerprint density at radius 2 is 2.27 bits per heavy atom. The first kappa shape index (κ1) is 9.19. The van der Waals surface area contributed by atoms with Gasteiger partial charge in [-0.3, -0.25) is 0 Å². The highest BCUT2D eigenvalue weighted by atomic mass is 35.5. The molecule has 4 heteroatoms. The van der Waals surface area contributed by atoms with Gasteiger partial charge in [0.2, 0.25) is 0 Å². The second-order valence-electron chi connectivity index (χ2n) is 4.20. The molecule has 1 aliphatic rings. The average Bonchev–Trinajstić information content (AvgIpc) is 2.55. The fourth-order valence-corrected chi connectivity index (χ4v) is 2.24. The lowest BCUT2D eigenvalue weighted by Crippen LogP contribution is -2.42. The lowest BCUT2D eigenvalue weighted by atomic mass is 10.0. The summed E-state index contributed by atoms with van der Waals surface area (Å²) in [5.74, 6) is 1.64. The number of fused-ring (bicyclic) bond motifs is 1. The summed E-state index contributed by atoms with van der Waals surface area (Å²) < 4.78 is 0. The van der Waals surface area contributed by atoms with E-state index in [1.807, 2.05) is 18.2 Å². The molecule has 0 atom stereocenters. The van der Waals surface area contributed by atoms with Gasteiger partial charge in [0.25, 0.3) is 0 Å². The second kappa shape index (κ2) is 3.22. The third-order valence-corrected chi connectivity index (χ3v) is 3.15. The van der Waals surface area contributed by atoms with E-state index in [4.69, 9.17) is 11.6 Å². The van der Waals surface area contributed by atoms with Crippen molar-refractivity contribution in [3.63, 3.8) is 0 Å². The molecule has 0 bridgehead atoms. The minimum atomic E-state index is 0.557. The van der Waals surface area contributed by atoms with Crippen molar-refractivity contribution in [3.05, 3.63) is 29.0 Å². The summed E-state index contributed by atoms with van der Waals surface area (Å²) in [5.41, 5.74) is 2.04. The number of H-pyrrole nitrogens is 1. The molecule has 1 aromatic heterocycles. The van der Waals surface area contributed by atoms with Gasteiger partial charge in [0.1, 0.15) is 5.82 Å². The Bertz CT molecular complexity index is 500. The van der Waals surface area contributed by atoms with E-state index < -0.39 is 0 Å². The van der Waals surface area contributed by atoms with Crippen molar-refractivity contribution in [2.45, 2.75) is 5.92 Å². The molecule has 3 rings (SSSR count). The third kappa shape index (κ3) is 1.52. The number of likely N-dealkylation sites (tertiary alicyclic amines) is 1. The van der Waals surface area contributed by atoms with Crippen LogP contribution in [0.15, 0.2) is 18.2 Å². The maximum atomic E-state index is 5.92. The molecule has 1 N–H and O–H groups in total. The number of imidazole rings is 1. The van der Waals surface area contributed by atoms with Crippen LogP contribution >= 0.6 is 11.6 Å². The first-order valence-corrected chi connectivity index (χ1v) is 5.44. The van der Waals surface area contributed by atoms with Crippen molar-refractivity contribution in [1.29, 1.82) is 0 Å². The summed E-state index contributed by atoms with van der Waals surface area (Å²) in [5, 5.41) is 0.753. The zero-order valence-corrected chi connectivity index (χ0v) is 9.25. The van der Waals surface area contributed by atoms with Crippen LogP contribution in [0.2, 0.25) is 5.02 Å². The Morgan fingerprint density at radius 1 is 1.47 bits per heavy atom. The van der Waals surface area contributed by atoms with Gasteiger partial charge >= 0.3 is 0 Å². The van der Waals surface area contributed by atoms with Crippen LogP contribution in [0.5, 0.6) is 0 Å². The van der Waals surface area contributed by atoms with Crippen LogP contribution in [-0.4, -0.2) is 35.0 Å². The lowest BCUT2D eigenvalue weighted by molar-refractivity contribution is 0.184. The third-order valence-electron chi connectivity index (χ3n) is 2.91. The number of nitrogens with one attached hydrogen (secondary N) is 1. The highest BCUT2D eigenvalue weighted by Gasteiger charge is 2.27. The summed E-state index contributed by atoms with van der Waals surface area (Å²) in [6.45, 7) is 2.18. The molecule has 1 aromatic carbocycles. The summed E-state index contributed by atoms with van der Waals surface area (Å²) in [7, 11) is 2.12. The zero-order chi connectivity index (χ0) is 10.4. The fraction of sp³-hybridized carbons (Fsp3) is 0.364. The molecule has 0 unspecified atom stereocenters.